The lowest BCUT2D eigenvalue weighted by Gasteiger charge is -2.32. The molecule has 9 nitrogen and oxygen atoms in total. The van der Waals surface area contributed by atoms with Crippen LogP contribution in [0.25, 0.3) is 16.0 Å². The van der Waals surface area contributed by atoms with Gasteiger partial charge in [0.2, 0.25) is 0 Å². The Labute approximate surface area is 258 Å². The zero-order valence-electron chi connectivity index (χ0n) is 23.5. The second kappa shape index (κ2) is 12.8. The Hall–Kier alpha value is -3.47. The van der Waals surface area contributed by atoms with E-state index in [1.54, 1.807) is 23.4 Å². The van der Waals surface area contributed by atoms with Crippen molar-refractivity contribution in [2.24, 2.45) is 11.7 Å². The third-order valence-electron chi connectivity index (χ3n) is 6.92. The van der Waals surface area contributed by atoms with Crippen LogP contribution in [-0.4, -0.2) is 52.3 Å². The van der Waals surface area contributed by atoms with Crippen molar-refractivity contribution in [2.45, 2.75) is 45.8 Å². The third-order valence-corrected chi connectivity index (χ3v) is 8.69. The number of ether oxygens (including phenoxy) is 3. The van der Waals surface area contributed by atoms with E-state index in [0.29, 0.717) is 64.6 Å². The molecule has 1 fully saturated rings. The summed E-state index contributed by atoms with van der Waals surface area (Å²) in [4.78, 5) is 31.0. The molecule has 1 aliphatic heterocycles. The Morgan fingerprint density at radius 1 is 1.10 bits per heavy atom. The summed E-state index contributed by atoms with van der Waals surface area (Å²) in [6.45, 7) is 7.36. The number of rotatable bonds is 9. The number of nitrogens with two attached hydrogens (primary N) is 1. The van der Waals surface area contributed by atoms with E-state index in [9.17, 15) is 9.59 Å². The first-order valence-corrected chi connectivity index (χ1v) is 15.3. The fraction of sp³-hybridized carbons (Fsp3) is 0.367. The van der Waals surface area contributed by atoms with E-state index in [1.165, 1.54) is 11.3 Å². The minimum absolute atomic E-state index is 0.0949. The van der Waals surface area contributed by atoms with Crippen LogP contribution in [0.5, 0.6) is 11.5 Å². The fourth-order valence-corrected chi connectivity index (χ4v) is 6.17. The van der Waals surface area contributed by atoms with Gasteiger partial charge in [-0.25, -0.2) is 9.78 Å². The van der Waals surface area contributed by atoms with Crippen LogP contribution in [0.3, 0.4) is 0 Å². The van der Waals surface area contributed by atoms with E-state index in [2.05, 4.69) is 4.98 Å². The smallest absolute Gasteiger partial charge is 0.409 e. The second-order valence-corrected chi connectivity index (χ2v) is 12.4. The summed E-state index contributed by atoms with van der Waals surface area (Å²) >= 11 is 14.2. The number of likely N-dealkylation sites (tertiary alicyclic amines) is 1. The lowest BCUT2D eigenvalue weighted by Crippen LogP contribution is -2.42. The highest BCUT2D eigenvalue weighted by Crippen LogP contribution is 2.39. The van der Waals surface area contributed by atoms with Crippen LogP contribution in [0, 0.1) is 5.92 Å². The van der Waals surface area contributed by atoms with Gasteiger partial charge in [-0.05, 0) is 37.1 Å². The summed E-state index contributed by atoms with van der Waals surface area (Å²) in [6.07, 6.45) is 2.09. The molecule has 4 aromatic rings. The summed E-state index contributed by atoms with van der Waals surface area (Å²) in [5, 5.41) is 1.71. The predicted molar refractivity (Wildman–Crippen MR) is 164 cm³/mol. The lowest BCUT2D eigenvalue weighted by atomic mass is 10.1. The number of carbonyl (C=O) groups excluding carboxylic acids is 2. The number of nitrogens with zero attached hydrogens (tertiary/aromatic N) is 3. The van der Waals surface area contributed by atoms with E-state index in [4.69, 9.17) is 43.1 Å². The lowest BCUT2D eigenvalue weighted by molar-refractivity contribution is 0.0617. The molecule has 12 heteroatoms. The largest absolute Gasteiger partial charge is 0.489 e. The first-order valence-electron chi connectivity index (χ1n) is 13.7. The summed E-state index contributed by atoms with van der Waals surface area (Å²) in [7, 11) is 0. The molecular formula is C30H32Cl2N4O5S. The number of hydrogen-bond donors (Lipinski definition) is 1. The van der Waals surface area contributed by atoms with Crippen molar-refractivity contribution < 1.29 is 23.8 Å². The maximum absolute atomic E-state index is 12.3. The highest BCUT2D eigenvalue weighted by Gasteiger charge is 2.27. The maximum atomic E-state index is 12.3. The number of imidazole rings is 1. The standard InChI is InChI=1S/C30H32Cl2N4O5S/c1-17(2)15-39-30(38)35-11-9-20(10-12-35)41-24-6-4-5-21(27(24)32)18(3)40-25-14-26(42-28(25)29(33)37)36-16-34-22-8-7-19(31)13-23(22)36/h4-8,13-14,16-18,20H,9-12,15H2,1-3H3,(H2,33,37)/t18-/m1/s1. The topological polar surface area (TPSA) is 109 Å². The van der Waals surface area contributed by atoms with Gasteiger partial charge in [-0.3, -0.25) is 9.36 Å². The minimum Gasteiger partial charge on any atom is -0.489 e. The number of amides is 2. The van der Waals surface area contributed by atoms with Crippen LogP contribution in [0.2, 0.25) is 10.0 Å². The first-order chi connectivity index (χ1) is 20.1. The molecule has 2 aromatic heterocycles. The molecular weight excluding hydrogens is 599 g/mol. The highest BCUT2D eigenvalue weighted by atomic mass is 35.5. The highest BCUT2D eigenvalue weighted by molar-refractivity contribution is 7.16. The van der Waals surface area contributed by atoms with Crippen molar-refractivity contribution in [2.75, 3.05) is 19.7 Å². The van der Waals surface area contributed by atoms with Gasteiger partial charge in [-0.15, -0.1) is 11.3 Å². The molecule has 0 saturated carbocycles. The van der Waals surface area contributed by atoms with Gasteiger partial charge in [0, 0.05) is 42.6 Å². The first kappa shape index (κ1) is 30.0. The third kappa shape index (κ3) is 6.61. The molecule has 0 aliphatic carbocycles. The zero-order valence-corrected chi connectivity index (χ0v) is 25.8. The van der Waals surface area contributed by atoms with Crippen LogP contribution in [-0.2, 0) is 4.74 Å². The van der Waals surface area contributed by atoms with E-state index in [0.717, 1.165) is 11.0 Å². The average Bonchev–Trinajstić information content (AvgIpc) is 3.57. The summed E-state index contributed by atoms with van der Waals surface area (Å²) in [6, 6.07) is 12.7. The molecule has 3 heterocycles. The minimum atomic E-state index is -0.599. The number of primary amides is 1. The van der Waals surface area contributed by atoms with Gasteiger partial charge in [0.05, 0.1) is 22.7 Å². The molecule has 0 spiro atoms. The van der Waals surface area contributed by atoms with E-state index in [1.807, 2.05) is 55.7 Å². The monoisotopic (exact) mass is 630 g/mol. The number of benzene rings is 2. The zero-order chi connectivity index (χ0) is 30.0. The van der Waals surface area contributed by atoms with Crippen LogP contribution in [0.4, 0.5) is 4.79 Å². The van der Waals surface area contributed by atoms with Crippen molar-refractivity contribution in [3.8, 4) is 16.5 Å². The number of carbonyl (C=O) groups is 2. The Morgan fingerprint density at radius 2 is 1.86 bits per heavy atom. The van der Waals surface area contributed by atoms with Crippen LogP contribution >= 0.6 is 34.5 Å². The van der Waals surface area contributed by atoms with Crippen LogP contribution in [0.1, 0.15) is 55.0 Å². The Balaban J connectivity index is 1.29. The number of thiophene rings is 1. The summed E-state index contributed by atoms with van der Waals surface area (Å²) in [5.74, 6) is 0.571. The Bertz CT molecular complexity index is 1600. The molecule has 0 radical (unpaired) electrons. The fourth-order valence-electron chi connectivity index (χ4n) is 4.75. The van der Waals surface area contributed by atoms with Crippen LogP contribution in [0.15, 0.2) is 48.8 Å². The Kier molecular flexibility index (Phi) is 9.15. The normalized spacial score (nSPS) is 14.8. The van der Waals surface area contributed by atoms with Gasteiger partial charge < -0.3 is 24.8 Å². The quantitative estimate of drug-likeness (QED) is 0.208. The molecule has 0 bridgehead atoms. The SMILES string of the molecule is CC(C)COC(=O)N1CCC(Oc2cccc([C@@H](C)Oc3cc(-n4cnc5ccc(Cl)cc54)sc3C(N)=O)c2Cl)CC1. The van der Waals surface area contributed by atoms with Crippen molar-refractivity contribution in [1.82, 2.24) is 14.5 Å². The molecule has 2 N–H and O–H groups in total. The van der Waals surface area contributed by atoms with E-state index in [-0.39, 0.29) is 23.0 Å². The molecule has 42 heavy (non-hydrogen) atoms. The van der Waals surface area contributed by atoms with Crippen molar-refractivity contribution in [3.63, 3.8) is 0 Å². The Morgan fingerprint density at radius 3 is 2.57 bits per heavy atom. The van der Waals surface area contributed by atoms with Gasteiger partial charge in [0.1, 0.15) is 39.9 Å². The number of aromatic nitrogens is 2. The molecule has 1 atom stereocenters. The average molecular weight is 632 g/mol. The molecule has 5 rings (SSSR count). The summed E-state index contributed by atoms with van der Waals surface area (Å²) < 4.78 is 19.7. The van der Waals surface area contributed by atoms with Crippen molar-refractivity contribution in [1.29, 1.82) is 0 Å². The molecule has 222 valence electrons. The molecule has 2 aromatic carbocycles. The number of hydrogen-bond acceptors (Lipinski definition) is 7. The summed E-state index contributed by atoms with van der Waals surface area (Å²) in [5.41, 5.74) is 7.98. The maximum Gasteiger partial charge on any atom is 0.409 e. The molecule has 2 amide bonds. The van der Waals surface area contributed by atoms with Crippen LogP contribution < -0.4 is 15.2 Å². The van der Waals surface area contributed by atoms with Gasteiger partial charge in [0.25, 0.3) is 5.91 Å². The van der Waals surface area contributed by atoms with Gasteiger partial charge in [-0.2, -0.15) is 0 Å². The van der Waals surface area contributed by atoms with Gasteiger partial charge >= 0.3 is 6.09 Å². The number of piperidine rings is 1. The molecule has 0 unspecified atom stereocenters. The number of halogens is 2. The van der Waals surface area contributed by atoms with Crippen molar-refractivity contribution in [3.05, 3.63) is 69.3 Å². The van der Waals surface area contributed by atoms with E-state index < -0.39 is 12.0 Å². The van der Waals surface area contributed by atoms with E-state index >= 15 is 0 Å². The van der Waals surface area contributed by atoms with Gasteiger partial charge in [-0.1, -0.05) is 49.2 Å². The molecule has 1 saturated heterocycles. The number of fused-ring (bicyclic) bond motifs is 1. The van der Waals surface area contributed by atoms with Gasteiger partial charge in [0.15, 0.2) is 0 Å². The second-order valence-electron chi connectivity index (χ2n) is 10.6. The molecule has 1 aliphatic rings. The van der Waals surface area contributed by atoms with Crippen molar-refractivity contribution >= 4 is 57.6 Å². The predicted octanol–water partition coefficient (Wildman–Crippen LogP) is 7.27.